The summed E-state index contributed by atoms with van der Waals surface area (Å²) in [5.74, 6) is 1.92. The lowest BCUT2D eigenvalue weighted by Crippen LogP contribution is -2.49. The molecule has 0 bridgehead atoms. The summed E-state index contributed by atoms with van der Waals surface area (Å²) in [5.41, 5.74) is 0.525. The molecule has 0 saturated carbocycles. The van der Waals surface area contributed by atoms with Crippen LogP contribution in [0.2, 0.25) is 0 Å². The van der Waals surface area contributed by atoms with Crippen LogP contribution in [0.25, 0.3) is 0 Å². The van der Waals surface area contributed by atoms with Gasteiger partial charge in [-0.15, -0.1) is 0 Å². The first kappa shape index (κ1) is 21.0. The predicted molar refractivity (Wildman–Crippen MR) is 111 cm³/mol. The summed E-state index contributed by atoms with van der Waals surface area (Å²) >= 11 is 0. The van der Waals surface area contributed by atoms with Gasteiger partial charge in [-0.25, -0.2) is 0 Å². The normalized spacial score (nSPS) is 20.2. The van der Waals surface area contributed by atoms with E-state index in [1.807, 2.05) is 30.9 Å². The number of hydrogen-bond acceptors (Lipinski definition) is 4. The van der Waals surface area contributed by atoms with E-state index >= 15 is 0 Å². The monoisotopic (exact) mass is 398 g/mol. The minimum absolute atomic E-state index is 0.00841. The molecule has 2 amide bonds. The van der Waals surface area contributed by atoms with E-state index in [0.29, 0.717) is 11.3 Å². The van der Waals surface area contributed by atoms with Crippen molar-refractivity contribution in [2.45, 2.75) is 65.1 Å². The van der Waals surface area contributed by atoms with Crippen LogP contribution < -0.4 is 10.1 Å². The van der Waals surface area contributed by atoms with Crippen LogP contribution in [0.15, 0.2) is 40.8 Å². The van der Waals surface area contributed by atoms with E-state index in [-0.39, 0.29) is 36.5 Å². The molecule has 1 saturated heterocycles. The summed E-state index contributed by atoms with van der Waals surface area (Å²) in [7, 11) is 0. The summed E-state index contributed by atoms with van der Waals surface area (Å²) < 4.78 is 11.2. The fraction of sp³-hybridized carbons (Fsp3) is 0.478. The minimum Gasteiger partial charge on any atom is -0.484 e. The summed E-state index contributed by atoms with van der Waals surface area (Å²) in [6, 6.07) is 10.8. The number of rotatable bonds is 6. The van der Waals surface area contributed by atoms with E-state index in [9.17, 15) is 9.59 Å². The van der Waals surface area contributed by atoms with Gasteiger partial charge in [-0.2, -0.15) is 0 Å². The lowest BCUT2D eigenvalue weighted by Gasteiger charge is -2.38. The average molecular weight is 399 g/mol. The fourth-order valence-corrected chi connectivity index (χ4v) is 3.87. The van der Waals surface area contributed by atoms with Crippen LogP contribution in [0, 0.1) is 6.92 Å². The Morgan fingerprint density at radius 1 is 1.14 bits per heavy atom. The molecular formula is C23H30N2O4. The fourth-order valence-electron chi connectivity index (χ4n) is 3.87. The topological polar surface area (TPSA) is 71.8 Å². The maximum absolute atomic E-state index is 12.6. The number of aryl methyl sites for hydroxylation is 1. The molecule has 1 aliphatic rings. The maximum Gasteiger partial charge on any atom is 0.260 e. The zero-order chi connectivity index (χ0) is 21.0. The van der Waals surface area contributed by atoms with Gasteiger partial charge >= 0.3 is 0 Å². The number of benzene rings is 1. The quantitative estimate of drug-likeness (QED) is 0.790. The van der Waals surface area contributed by atoms with E-state index in [2.05, 4.69) is 19.2 Å². The van der Waals surface area contributed by atoms with Gasteiger partial charge in [0, 0.05) is 17.6 Å². The van der Waals surface area contributed by atoms with Gasteiger partial charge in [0.25, 0.3) is 11.8 Å². The van der Waals surface area contributed by atoms with Gasteiger partial charge in [-0.05, 0) is 83.4 Å². The maximum atomic E-state index is 12.6. The van der Waals surface area contributed by atoms with Crippen LogP contribution in [0.4, 0.5) is 0 Å². The zero-order valence-corrected chi connectivity index (χ0v) is 17.6. The Bertz CT molecular complexity index is 833. The molecule has 6 heteroatoms. The van der Waals surface area contributed by atoms with Crippen LogP contribution >= 0.6 is 0 Å². The number of hydrogen-bond donors (Lipinski definition) is 1. The van der Waals surface area contributed by atoms with E-state index in [1.54, 1.807) is 24.3 Å². The molecule has 1 N–H and O–H groups in total. The van der Waals surface area contributed by atoms with Gasteiger partial charge in [0.2, 0.25) is 0 Å². The summed E-state index contributed by atoms with van der Waals surface area (Å²) in [6.45, 7) is 7.93. The number of carbonyl (C=O) groups excluding carboxylic acids is 2. The van der Waals surface area contributed by atoms with Crippen molar-refractivity contribution in [3.8, 4) is 5.75 Å². The third-order valence-corrected chi connectivity index (χ3v) is 5.50. The van der Waals surface area contributed by atoms with Gasteiger partial charge in [-0.1, -0.05) is 0 Å². The Hall–Kier alpha value is -2.76. The Labute approximate surface area is 172 Å². The third-order valence-electron chi connectivity index (χ3n) is 5.50. The molecule has 1 fully saturated rings. The van der Waals surface area contributed by atoms with Crippen molar-refractivity contribution < 1.29 is 18.7 Å². The number of nitrogens with one attached hydrogen (secondary N) is 1. The molecule has 0 spiro atoms. The Morgan fingerprint density at radius 2 is 1.79 bits per heavy atom. The predicted octanol–water partition coefficient (Wildman–Crippen LogP) is 4.25. The van der Waals surface area contributed by atoms with Crippen LogP contribution in [0.5, 0.6) is 5.75 Å². The summed E-state index contributed by atoms with van der Waals surface area (Å²) in [6.07, 6.45) is 3.24. The molecule has 1 aromatic heterocycles. The standard InChI is InChI=1S/C23H30N2O4/c1-15-6-5-7-16(2)25(15)22(26)14-28-20-11-9-19(10-12-20)23(27)24-18(4)21-13-8-17(3)29-21/h8-13,15-16,18H,5-7,14H2,1-4H3,(H,24,27). The van der Waals surface area contributed by atoms with E-state index in [1.165, 1.54) is 0 Å². The van der Waals surface area contributed by atoms with Gasteiger partial charge in [0.15, 0.2) is 6.61 Å². The second kappa shape index (κ2) is 9.16. The number of likely N-dealkylation sites (tertiary alicyclic amines) is 1. The first-order valence-electron chi connectivity index (χ1n) is 10.3. The molecule has 6 nitrogen and oxygen atoms in total. The highest BCUT2D eigenvalue weighted by atomic mass is 16.5. The van der Waals surface area contributed by atoms with Crippen molar-refractivity contribution in [3.63, 3.8) is 0 Å². The highest BCUT2D eigenvalue weighted by molar-refractivity contribution is 5.94. The van der Waals surface area contributed by atoms with Crippen molar-refractivity contribution in [1.82, 2.24) is 10.2 Å². The summed E-state index contributed by atoms with van der Waals surface area (Å²) in [4.78, 5) is 26.9. The van der Waals surface area contributed by atoms with Gasteiger partial charge < -0.3 is 19.4 Å². The molecule has 1 aromatic carbocycles. The SMILES string of the molecule is Cc1ccc(C(C)NC(=O)c2ccc(OCC(=O)N3C(C)CCCC3C)cc2)o1. The van der Waals surface area contributed by atoms with Crippen LogP contribution in [-0.4, -0.2) is 35.4 Å². The van der Waals surface area contributed by atoms with Crippen LogP contribution in [-0.2, 0) is 4.79 Å². The molecule has 3 rings (SSSR count). The van der Waals surface area contributed by atoms with Gasteiger partial charge in [-0.3, -0.25) is 9.59 Å². The van der Waals surface area contributed by atoms with Crippen molar-refractivity contribution in [2.24, 2.45) is 0 Å². The number of nitrogens with zero attached hydrogens (tertiary/aromatic N) is 1. The molecule has 1 aliphatic heterocycles. The van der Waals surface area contributed by atoms with E-state index in [0.717, 1.165) is 30.8 Å². The number of furan rings is 1. The van der Waals surface area contributed by atoms with E-state index < -0.39 is 0 Å². The molecule has 0 radical (unpaired) electrons. The number of carbonyl (C=O) groups is 2. The highest BCUT2D eigenvalue weighted by Gasteiger charge is 2.29. The Morgan fingerprint density at radius 3 is 2.38 bits per heavy atom. The number of piperidine rings is 1. The first-order chi connectivity index (χ1) is 13.8. The Balaban J connectivity index is 1.53. The average Bonchev–Trinajstić information content (AvgIpc) is 3.13. The highest BCUT2D eigenvalue weighted by Crippen LogP contribution is 2.23. The molecule has 3 unspecified atom stereocenters. The largest absolute Gasteiger partial charge is 0.484 e. The molecular weight excluding hydrogens is 368 g/mol. The molecule has 29 heavy (non-hydrogen) atoms. The minimum atomic E-state index is -0.224. The molecule has 156 valence electrons. The Kier molecular flexibility index (Phi) is 6.62. The number of amides is 2. The van der Waals surface area contributed by atoms with Gasteiger partial charge in [0.05, 0.1) is 6.04 Å². The van der Waals surface area contributed by atoms with E-state index in [4.69, 9.17) is 9.15 Å². The lowest BCUT2D eigenvalue weighted by atomic mass is 9.97. The second-order valence-corrected chi connectivity index (χ2v) is 7.89. The zero-order valence-electron chi connectivity index (χ0n) is 17.6. The van der Waals surface area contributed by atoms with Crippen LogP contribution in [0.3, 0.4) is 0 Å². The molecule has 3 atom stereocenters. The summed E-state index contributed by atoms with van der Waals surface area (Å²) in [5, 5.41) is 2.91. The van der Waals surface area contributed by atoms with Crippen LogP contribution in [0.1, 0.15) is 68.0 Å². The number of ether oxygens (including phenoxy) is 1. The first-order valence-corrected chi connectivity index (χ1v) is 10.3. The van der Waals surface area contributed by atoms with Crippen molar-refractivity contribution in [3.05, 3.63) is 53.5 Å². The van der Waals surface area contributed by atoms with Crippen molar-refractivity contribution in [2.75, 3.05) is 6.61 Å². The third kappa shape index (κ3) is 5.19. The lowest BCUT2D eigenvalue weighted by molar-refractivity contribution is -0.139. The van der Waals surface area contributed by atoms with Crippen molar-refractivity contribution >= 4 is 11.8 Å². The molecule has 2 heterocycles. The molecule has 0 aliphatic carbocycles. The van der Waals surface area contributed by atoms with Gasteiger partial charge in [0.1, 0.15) is 17.3 Å². The smallest absolute Gasteiger partial charge is 0.260 e. The molecule has 2 aromatic rings. The second-order valence-electron chi connectivity index (χ2n) is 7.89. The van der Waals surface area contributed by atoms with Crippen molar-refractivity contribution in [1.29, 1.82) is 0 Å².